The first kappa shape index (κ1) is 16.0. The summed E-state index contributed by atoms with van der Waals surface area (Å²) in [5.74, 6) is 0.865. The highest BCUT2D eigenvalue weighted by Gasteiger charge is 1.99. The molecule has 2 aromatic carbocycles. The lowest BCUT2D eigenvalue weighted by Crippen LogP contribution is -2.04. The van der Waals surface area contributed by atoms with E-state index in [9.17, 15) is 0 Å². The smallest absolute Gasteiger partial charge is 0.119 e. The van der Waals surface area contributed by atoms with Crippen molar-refractivity contribution < 1.29 is 9.47 Å². The zero-order valence-corrected chi connectivity index (χ0v) is 13.5. The number of hydrogen-bond donors (Lipinski definition) is 1. The lowest BCUT2D eigenvalue weighted by atomic mass is 10.2. The third-order valence-corrected chi connectivity index (χ3v) is 3.82. The molecular formula is C17H20BrNO2. The molecule has 3 nitrogen and oxygen atoms in total. The van der Waals surface area contributed by atoms with Crippen molar-refractivity contribution in [2.24, 2.45) is 5.73 Å². The molecule has 0 aliphatic carbocycles. The van der Waals surface area contributed by atoms with E-state index in [0.29, 0.717) is 26.4 Å². The van der Waals surface area contributed by atoms with Crippen molar-refractivity contribution in [3.8, 4) is 5.75 Å². The average molecular weight is 350 g/mol. The third-order valence-electron chi connectivity index (χ3n) is 3.05. The Labute approximate surface area is 134 Å². The maximum absolute atomic E-state index is 5.68. The predicted octanol–water partition coefficient (Wildman–Crippen LogP) is 3.89. The molecule has 0 aliphatic rings. The second kappa shape index (κ2) is 8.82. The number of halogens is 1. The fourth-order valence-corrected chi connectivity index (χ4v) is 2.31. The van der Waals surface area contributed by atoms with E-state index in [2.05, 4.69) is 22.0 Å². The SMILES string of the molecule is NCc1cccc(OCCCOCc2ccccc2Br)c1. The van der Waals surface area contributed by atoms with Gasteiger partial charge < -0.3 is 15.2 Å². The predicted molar refractivity (Wildman–Crippen MR) is 88.2 cm³/mol. The monoisotopic (exact) mass is 349 g/mol. The molecule has 0 radical (unpaired) electrons. The maximum atomic E-state index is 5.68. The Bertz CT molecular complexity index is 560. The first-order chi connectivity index (χ1) is 10.3. The minimum absolute atomic E-state index is 0.534. The molecule has 4 heteroatoms. The standard InChI is InChI=1S/C17H20BrNO2/c18-17-8-2-1-6-15(17)13-20-9-4-10-21-16-7-3-5-14(11-16)12-19/h1-3,5-8,11H,4,9-10,12-13,19H2. The van der Waals surface area contributed by atoms with Crippen LogP contribution in [-0.4, -0.2) is 13.2 Å². The quantitative estimate of drug-likeness (QED) is 0.735. The van der Waals surface area contributed by atoms with Crippen molar-refractivity contribution >= 4 is 15.9 Å². The van der Waals surface area contributed by atoms with Gasteiger partial charge in [-0.25, -0.2) is 0 Å². The molecule has 0 fully saturated rings. The van der Waals surface area contributed by atoms with E-state index < -0.39 is 0 Å². The minimum atomic E-state index is 0.534. The van der Waals surface area contributed by atoms with Gasteiger partial charge in [0.1, 0.15) is 5.75 Å². The van der Waals surface area contributed by atoms with Crippen molar-refractivity contribution in [2.75, 3.05) is 13.2 Å². The van der Waals surface area contributed by atoms with Gasteiger partial charge in [-0.05, 0) is 29.3 Å². The molecule has 21 heavy (non-hydrogen) atoms. The van der Waals surface area contributed by atoms with Crippen molar-refractivity contribution in [1.29, 1.82) is 0 Å². The molecule has 0 saturated heterocycles. The van der Waals surface area contributed by atoms with Gasteiger partial charge >= 0.3 is 0 Å². The largest absolute Gasteiger partial charge is 0.493 e. The fraction of sp³-hybridized carbons (Fsp3) is 0.294. The lowest BCUT2D eigenvalue weighted by molar-refractivity contribution is 0.107. The number of benzene rings is 2. The fourth-order valence-electron chi connectivity index (χ4n) is 1.91. The molecule has 2 aromatic rings. The van der Waals surface area contributed by atoms with Crippen LogP contribution < -0.4 is 10.5 Å². The van der Waals surface area contributed by atoms with Gasteiger partial charge in [0.05, 0.1) is 19.8 Å². The molecule has 0 aromatic heterocycles. The molecule has 2 rings (SSSR count). The number of rotatable bonds is 8. The van der Waals surface area contributed by atoms with Crippen molar-refractivity contribution in [2.45, 2.75) is 19.6 Å². The van der Waals surface area contributed by atoms with Crippen molar-refractivity contribution in [1.82, 2.24) is 0 Å². The number of hydrogen-bond acceptors (Lipinski definition) is 3. The molecule has 0 amide bonds. The first-order valence-corrected chi connectivity index (χ1v) is 7.82. The van der Waals surface area contributed by atoms with E-state index in [-0.39, 0.29) is 0 Å². The van der Waals surface area contributed by atoms with Crippen molar-refractivity contribution in [3.63, 3.8) is 0 Å². The molecule has 2 N–H and O–H groups in total. The Kier molecular flexibility index (Phi) is 6.73. The molecular weight excluding hydrogens is 330 g/mol. The number of nitrogens with two attached hydrogens (primary N) is 1. The van der Waals surface area contributed by atoms with Crippen LogP contribution in [0.4, 0.5) is 0 Å². The van der Waals surface area contributed by atoms with E-state index in [1.54, 1.807) is 0 Å². The second-order valence-corrected chi connectivity index (χ2v) is 5.55. The normalized spacial score (nSPS) is 10.6. The number of ether oxygens (including phenoxy) is 2. The summed E-state index contributed by atoms with van der Waals surface area (Å²) in [5.41, 5.74) is 7.84. The molecule has 0 unspecified atom stereocenters. The summed E-state index contributed by atoms with van der Waals surface area (Å²) in [7, 11) is 0. The second-order valence-electron chi connectivity index (χ2n) is 4.70. The van der Waals surface area contributed by atoms with Crippen LogP contribution in [0.25, 0.3) is 0 Å². The molecule has 0 heterocycles. The highest BCUT2D eigenvalue weighted by molar-refractivity contribution is 9.10. The summed E-state index contributed by atoms with van der Waals surface area (Å²) >= 11 is 3.51. The van der Waals surface area contributed by atoms with Gasteiger partial charge in [-0.3, -0.25) is 0 Å². The first-order valence-electron chi connectivity index (χ1n) is 7.02. The zero-order valence-electron chi connectivity index (χ0n) is 11.9. The van der Waals surface area contributed by atoms with Gasteiger partial charge in [-0.1, -0.05) is 46.3 Å². The molecule has 0 saturated carbocycles. The summed E-state index contributed by atoms with van der Waals surface area (Å²) in [6.07, 6.45) is 0.858. The Balaban J connectivity index is 1.63. The molecule has 0 aliphatic heterocycles. The van der Waals surface area contributed by atoms with Gasteiger partial charge in [0.25, 0.3) is 0 Å². The van der Waals surface area contributed by atoms with Gasteiger partial charge in [0.15, 0.2) is 0 Å². The lowest BCUT2D eigenvalue weighted by Gasteiger charge is -2.08. The maximum Gasteiger partial charge on any atom is 0.119 e. The molecule has 112 valence electrons. The highest BCUT2D eigenvalue weighted by atomic mass is 79.9. The third kappa shape index (κ3) is 5.50. The Hall–Kier alpha value is -1.36. The van der Waals surface area contributed by atoms with Gasteiger partial charge in [-0.2, -0.15) is 0 Å². The highest BCUT2D eigenvalue weighted by Crippen LogP contribution is 2.17. The summed E-state index contributed by atoms with van der Waals surface area (Å²) < 4.78 is 12.4. The van der Waals surface area contributed by atoms with Crippen LogP contribution in [0.2, 0.25) is 0 Å². The molecule has 0 bridgehead atoms. The van der Waals surface area contributed by atoms with E-state index in [0.717, 1.165) is 27.8 Å². The van der Waals surface area contributed by atoms with Crippen LogP contribution >= 0.6 is 15.9 Å². The summed E-state index contributed by atoms with van der Waals surface area (Å²) in [5, 5.41) is 0. The Morgan fingerprint density at radius 3 is 2.67 bits per heavy atom. The van der Waals surface area contributed by atoms with Crippen LogP contribution in [0, 0.1) is 0 Å². The minimum Gasteiger partial charge on any atom is -0.493 e. The molecule has 0 spiro atoms. The van der Waals surface area contributed by atoms with Crippen LogP contribution in [0.5, 0.6) is 5.75 Å². The van der Waals surface area contributed by atoms with E-state index in [1.807, 2.05) is 42.5 Å². The Morgan fingerprint density at radius 1 is 1.00 bits per heavy atom. The van der Waals surface area contributed by atoms with Gasteiger partial charge in [0.2, 0.25) is 0 Å². The van der Waals surface area contributed by atoms with Crippen LogP contribution in [-0.2, 0) is 17.9 Å². The van der Waals surface area contributed by atoms with Crippen molar-refractivity contribution in [3.05, 3.63) is 64.1 Å². The van der Waals surface area contributed by atoms with Crippen LogP contribution in [0.1, 0.15) is 17.5 Å². The van der Waals surface area contributed by atoms with Crippen LogP contribution in [0.3, 0.4) is 0 Å². The Morgan fingerprint density at radius 2 is 1.86 bits per heavy atom. The molecule has 0 atom stereocenters. The summed E-state index contributed by atoms with van der Waals surface area (Å²) in [6, 6.07) is 16.0. The van der Waals surface area contributed by atoms with E-state index in [1.165, 1.54) is 0 Å². The van der Waals surface area contributed by atoms with Gasteiger partial charge in [0, 0.05) is 17.4 Å². The zero-order chi connectivity index (χ0) is 14.9. The topological polar surface area (TPSA) is 44.5 Å². The summed E-state index contributed by atoms with van der Waals surface area (Å²) in [4.78, 5) is 0. The van der Waals surface area contributed by atoms with Crippen LogP contribution in [0.15, 0.2) is 53.0 Å². The summed E-state index contributed by atoms with van der Waals surface area (Å²) in [6.45, 7) is 2.47. The van der Waals surface area contributed by atoms with E-state index in [4.69, 9.17) is 15.2 Å². The van der Waals surface area contributed by atoms with Gasteiger partial charge in [-0.15, -0.1) is 0 Å². The average Bonchev–Trinajstić information content (AvgIpc) is 2.52. The van der Waals surface area contributed by atoms with E-state index >= 15 is 0 Å².